The number of azide groups is 1. The monoisotopic (exact) mass is 215 g/mol. The lowest BCUT2D eigenvalue weighted by Crippen LogP contribution is -2.28. The van der Waals surface area contributed by atoms with Crippen LogP contribution in [0.2, 0.25) is 0 Å². The normalized spacial score (nSPS) is 30.9. The highest BCUT2D eigenvalue weighted by atomic mass is 32.2. The van der Waals surface area contributed by atoms with Gasteiger partial charge in [-0.1, -0.05) is 5.11 Å². The van der Waals surface area contributed by atoms with E-state index in [-0.39, 0.29) is 23.4 Å². The van der Waals surface area contributed by atoms with E-state index in [0.29, 0.717) is 0 Å². The smallest absolute Gasteiger partial charge is 0.302 e. The van der Waals surface area contributed by atoms with Crippen molar-refractivity contribution in [2.24, 2.45) is 5.11 Å². The van der Waals surface area contributed by atoms with Crippen molar-refractivity contribution in [2.45, 2.75) is 37.2 Å². The molecule has 0 heterocycles. The number of rotatable bonds is 3. The summed E-state index contributed by atoms with van der Waals surface area (Å²) in [6, 6.07) is -0.0423. The van der Waals surface area contributed by atoms with Crippen LogP contribution in [0.1, 0.15) is 19.8 Å². The largest absolute Gasteiger partial charge is 0.461 e. The van der Waals surface area contributed by atoms with Gasteiger partial charge in [-0.05, 0) is 24.6 Å². The van der Waals surface area contributed by atoms with Crippen molar-refractivity contribution in [1.29, 1.82) is 0 Å². The quantitative estimate of drug-likeness (QED) is 0.313. The molecule has 6 heteroatoms. The zero-order chi connectivity index (χ0) is 10.6. The summed E-state index contributed by atoms with van der Waals surface area (Å²) in [6.07, 6.45) is 3.42. The van der Waals surface area contributed by atoms with Gasteiger partial charge in [0.2, 0.25) is 0 Å². The number of ether oxygens (including phenoxy) is 1. The molecule has 5 nitrogen and oxygen atoms in total. The van der Waals surface area contributed by atoms with Crippen LogP contribution in [0.5, 0.6) is 0 Å². The van der Waals surface area contributed by atoms with Gasteiger partial charge in [0, 0.05) is 11.8 Å². The second-order valence-corrected chi connectivity index (χ2v) is 4.21. The fraction of sp³-hybridized carbons (Fsp3) is 0.875. The molecule has 0 N–H and O–H groups in total. The number of hydrogen-bond acceptors (Lipinski definition) is 4. The molecule has 0 aromatic carbocycles. The number of esters is 1. The van der Waals surface area contributed by atoms with Gasteiger partial charge in [-0.25, -0.2) is 0 Å². The fourth-order valence-electron chi connectivity index (χ4n) is 1.75. The Bertz CT molecular complexity index is 265. The molecule has 0 unspecified atom stereocenters. The SMILES string of the molecule is CS[C@@H]1[C@@H](N=[N+]=[N-])CC[C@H]1OC(C)=O. The van der Waals surface area contributed by atoms with E-state index in [9.17, 15) is 4.79 Å². The minimum Gasteiger partial charge on any atom is -0.461 e. The fourth-order valence-corrected chi connectivity index (χ4v) is 2.75. The second-order valence-electron chi connectivity index (χ2n) is 3.20. The Kier molecular flexibility index (Phi) is 4.10. The number of thioether (sulfide) groups is 1. The highest BCUT2D eigenvalue weighted by Crippen LogP contribution is 2.33. The topological polar surface area (TPSA) is 75.1 Å². The van der Waals surface area contributed by atoms with Gasteiger partial charge in [0.25, 0.3) is 0 Å². The number of hydrogen-bond donors (Lipinski definition) is 0. The van der Waals surface area contributed by atoms with Crippen LogP contribution in [0.3, 0.4) is 0 Å². The Morgan fingerprint density at radius 3 is 2.86 bits per heavy atom. The lowest BCUT2D eigenvalue weighted by Gasteiger charge is -2.19. The van der Waals surface area contributed by atoms with Crippen molar-refractivity contribution in [3.8, 4) is 0 Å². The first-order chi connectivity index (χ1) is 6.69. The molecule has 1 rings (SSSR count). The minimum absolute atomic E-state index is 0.0423. The van der Waals surface area contributed by atoms with Gasteiger partial charge in [-0.3, -0.25) is 4.79 Å². The summed E-state index contributed by atoms with van der Waals surface area (Å²) < 4.78 is 5.15. The molecule has 1 fully saturated rings. The summed E-state index contributed by atoms with van der Waals surface area (Å²) in [5.74, 6) is -0.268. The standard InChI is InChI=1S/C8H13N3O2S/c1-5(12)13-7-4-3-6(10-11-9)8(7)14-2/h6-8H,3-4H2,1-2H3/t6-,7+,8+/m0/s1. The zero-order valence-corrected chi connectivity index (χ0v) is 9.03. The average Bonchev–Trinajstić information content (AvgIpc) is 2.47. The summed E-state index contributed by atoms with van der Waals surface area (Å²) in [4.78, 5) is 13.6. The van der Waals surface area contributed by atoms with Gasteiger partial charge in [0.05, 0.1) is 11.3 Å². The van der Waals surface area contributed by atoms with E-state index in [0.717, 1.165) is 12.8 Å². The molecule has 0 saturated heterocycles. The van der Waals surface area contributed by atoms with E-state index in [1.165, 1.54) is 6.92 Å². The van der Waals surface area contributed by atoms with E-state index in [2.05, 4.69) is 10.0 Å². The first-order valence-electron chi connectivity index (χ1n) is 4.43. The molecule has 1 aliphatic rings. The van der Waals surface area contributed by atoms with Crippen LogP contribution in [0.4, 0.5) is 0 Å². The summed E-state index contributed by atoms with van der Waals surface area (Å²) in [6.45, 7) is 1.40. The van der Waals surface area contributed by atoms with E-state index in [1.807, 2.05) is 6.26 Å². The Morgan fingerprint density at radius 2 is 2.36 bits per heavy atom. The Hall–Kier alpha value is -0.870. The molecule has 3 atom stereocenters. The lowest BCUT2D eigenvalue weighted by atomic mass is 10.2. The van der Waals surface area contributed by atoms with Gasteiger partial charge in [-0.2, -0.15) is 11.8 Å². The predicted molar refractivity (Wildman–Crippen MR) is 55.0 cm³/mol. The van der Waals surface area contributed by atoms with Crippen molar-refractivity contribution >= 4 is 17.7 Å². The zero-order valence-electron chi connectivity index (χ0n) is 8.21. The van der Waals surface area contributed by atoms with Crippen LogP contribution in [0.25, 0.3) is 10.4 Å². The molecule has 0 aromatic heterocycles. The summed E-state index contributed by atoms with van der Waals surface area (Å²) in [5, 5.41) is 3.81. The first kappa shape index (κ1) is 11.2. The van der Waals surface area contributed by atoms with Gasteiger partial charge < -0.3 is 4.74 Å². The maximum Gasteiger partial charge on any atom is 0.302 e. The molecule has 78 valence electrons. The van der Waals surface area contributed by atoms with Crippen molar-refractivity contribution in [1.82, 2.24) is 0 Å². The molecule has 0 radical (unpaired) electrons. The van der Waals surface area contributed by atoms with Crippen LogP contribution in [0, 0.1) is 0 Å². The second kappa shape index (κ2) is 5.12. The number of nitrogens with zero attached hydrogens (tertiary/aromatic N) is 3. The highest BCUT2D eigenvalue weighted by molar-refractivity contribution is 7.99. The molecule has 14 heavy (non-hydrogen) atoms. The van der Waals surface area contributed by atoms with E-state index >= 15 is 0 Å². The van der Waals surface area contributed by atoms with E-state index in [1.54, 1.807) is 11.8 Å². The first-order valence-corrected chi connectivity index (χ1v) is 5.72. The van der Waals surface area contributed by atoms with E-state index < -0.39 is 0 Å². The van der Waals surface area contributed by atoms with Gasteiger partial charge in [0.15, 0.2) is 0 Å². The van der Waals surface area contributed by atoms with Crippen molar-refractivity contribution in [3.05, 3.63) is 10.4 Å². The van der Waals surface area contributed by atoms with Gasteiger partial charge in [0.1, 0.15) is 6.10 Å². The average molecular weight is 215 g/mol. The summed E-state index contributed by atoms with van der Waals surface area (Å²) in [5.41, 5.74) is 8.35. The molecule has 0 bridgehead atoms. The minimum atomic E-state index is -0.268. The Morgan fingerprint density at radius 1 is 1.64 bits per heavy atom. The highest BCUT2D eigenvalue weighted by Gasteiger charge is 2.37. The maximum atomic E-state index is 10.8. The van der Waals surface area contributed by atoms with Crippen LogP contribution in [-0.2, 0) is 9.53 Å². The third kappa shape index (κ3) is 2.56. The Balaban J connectivity index is 2.63. The molecular weight excluding hydrogens is 202 g/mol. The van der Waals surface area contributed by atoms with Crippen molar-refractivity contribution < 1.29 is 9.53 Å². The predicted octanol–water partition coefficient (Wildman–Crippen LogP) is 2.12. The van der Waals surface area contributed by atoms with Crippen LogP contribution >= 0.6 is 11.8 Å². The third-order valence-corrected chi connectivity index (χ3v) is 3.44. The van der Waals surface area contributed by atoms with Crippen LogP contribution < -0.4 is 0 Å². The summed E-state index contributed by atoms with van der Waals surface area (Å²) >= 11 is 1.59. The number of carbonyl (C=O) groups excluding carboxylic acids is 1. The van der Waals surface area contributed by atoms with Crippen molar-refractivity contribution in [2.75, 3.05) is 6.26 Å². The van der Waals surface area contributed by atoms with E-state index in [4.69, 9.17) is 10.3 Å². The van der Waals surface area contributed by atoms with Crippen LogP contribution in [-0.4, -0.2) is 29.6 Å². The third-order valence-electron chi connectivity index (χ3n) is 2.28. The molecule has 0 aliphatic heterocycles. The molecule has 0 amide bonds. The molecule has 1 saturated carbocycles. The van der Waals surface area contributed by atoms with Crippen LogP contribution in [0.15, 0.2) is 5.11 Å². The van der Waals surface area contributed by atoms with Crippen molar-refractivity contribution in [3.63, 3.8) is 0 Å². The molecule has 1 aliphatic carbocycles. The van der Waals surface area contributed by atoms with Gasteiger partial charge in [-0.15, -0.1) is 0 Å². The number of carbonyl (C=O) groups is 1. The lowest BCUT2D eigenvalue weighted by molar-refractivity contribution is -0.145. The van der Waals surface area contributed by atoms with Gasteiger partial charge >= 0.3 is 5.97 Å². The Labute approximate surface area is 86.8 Å². The summed E-state index contributed by atoms with van der Waals surface area (Å²) in [7, 11) is 0. The molecule has 0 spiro atoms. The molecule has 0 aromatic rings. The molecular formula is C8H13N3O2S. The maximum absolute atomic E-state index is 10.8.